The minimum Gasteiger partial charge on any atom is -0.301 e. The number of aromatic amines is 1. The van der Waals surface area contributed by atoms with Crippen molar-refractivity contribution >= 4 is 27.7 Å². The minimum absolute atomic E-state index is 0.135. The van der Waals surface area contributed by atoms with Gasteiger partial charge in [-0.25, -0.2) is 4.98 Å². The summed E-state index contributed by atoms with van der Waals surface area (Å²) in [5, 5.41) is 0.602. The fourth-order valence-corrected chi connectivity index (χ4v) is 2.04. The van der Waals surface area contributed by atoms with Crippen molar-refractivity contribution in [3.05, 3.63) is 51.4 Å². The molecule has 0 atom stereocenters. The molecule has 15 heavy (non-hydrogen) atoms. The third kappa shape index (κ3) is 2.94. The zero-order chi connectivity index (χ0) is 10.7. The second kappa shape index (κ2) is 4.63. The standard InChI is InChI=1S/C10H7BrN2OS/c11-7-1-3-8(4-2-7)15-10-12-6-5-9(14)13-10/h1-6H,(H,12,13,14). The molecular weight excluding hydrogens is 276 g/mol. The van der Waals surface area contributed by atoms with Gasteiger partial charge in [0.15, 0.2) is 5.16 Å². The van der Waals surface area contributed by atoms with E-state index < -0.39 is 0 Å². The van der Waals surface area contributed by atoms with E-state index in [2.05, 4.69) is 25.9 Å². The molecule has 0 bridgehead atoms. The lowest BCUT2D eigenvalue weighted by Gasteiger charge is -1.99. The molecular formula is C10H7BrN2OS. The van der Waals surface area contributed by atoms with Crippen LogP contribution >= 0.6 is 27.7 Å². The van der Waals surface area contributed by atoms with Crippen molar-refractivity contribution in [2.45, 2.75) is 10.1 Å². The average molecular weight is 283 g/mol. The molecule has 1 N–H and O–H groups in total. The quantitative estimate of drug-likeness (QED) is 0.862. The summed E-state index contributed by atoms with van der Waals surface area (Å²) in [6.07, 6.45) is 1.50. The largest absolute Gasteiger partial charge is 0.301 e. The number of aromatic nitrogens is 2. The summed E-state index contributed by atoms with van der Waals surface area (Å²) in [4.78, 5) is 18.8. The Hall–Kier alpha value is -1.07. The maximum atomic E-state index is 11.0. The third-order valence-electron chi connectivity index (χ3n) is 1.68. The number of nitrogens with zero attached hydrogens (tertiary/aromatic N) is 1. The Morgan fingerprint density at radius 1 is 1.20 bits per heavy atom. The van der Waals surface area contributed by atoms with Crippen LogP contribution in [0.3, 0.4) is 0 Å². The first-order valence-electron chi connectivity index (χ1n) is 4.23. The first kappa shape index (κ1) is 10.4. The van der Waals surface area contributed by atoms with Crippen LogP contribution in [0.4, 0.5) is 0 Å². The number of halogens is 1. The van der Waals surface area contributed by atoms with Gasteiger partial charge in [-0.2, -0.15) is 0 Å². The lowest BCUT2D eigenvalue weighted by molar-refractivity contribution is 0.936. The molecule has 0 unspecified atom stereocenters. The highest BCUT2D eigenvalue weighted by atomic mass is 79.9. The Labute approximate surface area is 99.1 Å². The second-order valence-electron chi connectivity index (χ2n) is 2.80. The van der Waals surface area contributed by atoms with Gasteiger partial charge in [-0.15, -0.1) is 0 Å². The Morgan fingerprint density at radius 3 is 2.60 bits per heavy atom. The fraction of sp³-hybridized carbons (Fsp3) is 0. The van der Waals surface area contributed by atoms with E-state index in [1.165, 1.54) is 24.0 Å². The summed E-state index contributed by atoms with van der Waals surface area (Å²) in [5.41, 5.74) is -0.135. The van der Waals surface area contributed by atoms with Gasteiger partial charge in [0.05, 0.1) is 0 Å². The van der Waals surface area contributed by atoms with Crippen molar-refractivity contribution in [1.29, 1.82) is 0 Å². The van der Waals surface area contributed by atoms with Gasteiger partial charge in [0.25, 0.3) is 5.56 Å². The Balaban J connectivity index is 2.22. The minimum atomic E-state index is -0.135. The van der Waals surface area contributed by atoms with Crippen molar-refractivity contribution < 1.29 is 0 Å². The Kier molecular flexibility index (Phi) is 3.23. The van der Waals surface area contributed by atoms with Gasteiger partial charge in [0.2, 0.25) is 0 Å². The third-order valence-corrected chi connectivity index (χ3v) is 3.11. The van der Waals surface area contributed by atoms with Crippen LogP contribution in [0.15, 0.2) is 55.8 Å². The number of rotatable bonds is 2. The molecule has 2 aromatic rings. The van der Waals surface area contributed by atoms with Gasteiger partial charge in [-0.3, -0.25) is 4.79 Å². The van der Waals surface area contributed by atoms with Gasteiger partial charge < -0.3 is 4.98 Å². The van der Waals surface area contributed by atoms with Gasteiger partial charge in [-0.1, -0.05) is 27.7 Å². The predicted molar refractivity (Wildman–Crippen MR) is 63.1 cm³/mol. The van der Waals surface area contributed by atoms with Crippen LogP contribution in [0.25, 0.3) is 0 Å². The van der Waals surface area contributed by atoms with E-state index in [0.29, 0.717) is 5.16 Å². The van der Waals surface area contributed by atoms with Crippen LogP contribution in [-0.4, -0.2) is 9.97 Å². The molecule has 0 fully saturated rings. The smallest absolute Gasteiger partial charge is 0.251 e. The zero-order valence-corrected chi connectivity index (χ0v) is 10.0. The first-order chi connectivity index (χ1) is 7.24. The topological polar surface area (TPSA) is 45.8 Å². The zero-order valence-electron chi connectivity index (χ0n) is 7.61. The second-order valence-corrected chi connectivity index (χ2v) is 4.77. The van der Waals surface area contributed by atoms with Crippen molar-refractivity contribution in [2.24, 2.45) is 0 Å². The Morgan fingerprint density at radius 2 is 1.93 bits per heavy atom. The van der Waals surface area contributed by atoms with Crippen LogP contribution in [0, 0.1) is 0 Å². The molecule has 0 aliphatic heterocycles. The first-order valence-corrected chi connectivity index (χ1v) is 5.84. The summed E-state index contributed by atoms with van der Waals surface area (Å²) in [7, 11) is 0. The highest BCUT2D eigenvalue weighted by Gasteiger charge is 1.98. The molecule has 1 aromatic heterocycles. The van der Waals surface area contributed by atoms with Crippen molar-refractivity contribution in [1.82, 2.24) is 9.97 Å². The van der Waals surface area contributed by atoms with Crippen molar-refractivity contribution in [2.75, 3.05) is 0 Å². The highest BCUT2D eigenvalue weighted by Crippen LogP contribution is 2.24. The van der Waals surface area contributed by atoms with Crippen LogP contribution in [0.2, 0.25) is 0 Å². The fourth-order valence-electron chi connectivity index (χ4n) is 1.02. The summed E-state index contributed by atoms with van der Waals surface area (Å²) < 4.78 is 1.03. The van der Waals surface area contributed by atoms with Crippen LogP contribution in [0.5, 0.6) is 0 Å². The summed E-state index contributed by atoms with van der Waals surface area (Å²) >= 11 is 4.78. The van der Waals surface area contributed by atoms with Crippen LogP contribution in [-0.2, 0) is 0 Å². The van der Waals surface area contributed by atoms with Gasteiger partial charge in [0, 0.05) is 21.6 Å². The maximum absolute atomic E-state index is 11.0. The molecule has 1 heterocycles. The highest BCUT2D eigenvalue weighted by molar-refractivity contribution is 9.10. The number of H-pyrrole nitrogens is 1. The molecule has 76 valence electrons. The molecule has 0 saturated heterocycles. The van der Waals surface area contributed by atoms with E-state index in [1.807, 2.05) is 24.3 Å². The van der Waals surface area contributed by atoms with E-state index >= 15 is 0 Å². The predicted octanol–water partition coefficient (Wildman–Crippen LogP) is 2.68. The van der Waals surface area contributed by atoms with Gasteiger partial charge in [-0.05, 0) is 24.3 Å². The van der Waals surface area contributed by atoms with Crippen LogP contribution < -0.4 is 5.56 Å². The van der Waals surface area contributed by atoms with E-state index in [1.54, 1.807) is 0 Å². The average Bonchev–Trinajstić information content (AvgIpc) is 2.22. The maximum Gasteiger partial charge on any atom is 0.251 e. The normalized spacial score (nSPS) is 10.2. The Bertz CT molecular complexity index is 509. The lowest BCUT2D eigenvalue weighted by Crippen LogP contribution is -2.04. The molecule has 2 rings (SSSR count). The van der Waals surface area contributed by atoms with Gasteiger partial charge >= 0.3 is 0 Å². The SMILES string of the molecule is O=c1ccnc(Sc2ccc(Br)cc2)[nH]1. The number of hydrogen-bond donors (Lipinski definition) is 1. The summed E-state index contributed by atoms with van der Waals surface area (Å²) in [6, 6.07) is 9.21. The molecule has 3 nitrogen and oxygen atoms in total. The molecule has 0 aliphatic rings. The van der Waals surface area contributed by atoms with E-state index in [4.69, 9.17) is 0 Å². The molecule has 5 heteroatoms. The number of benzene rings is 1. The molecule has 0 radical (unpaired) electrons. The number of nitrogens with one attached hydrogen (secondary N) is 1. The molecule has 0 aliphatic carbocycles. The molecule has 0 spiro atoms. The van der Waals surface area contributed by atoms with Crippen molar-refractivity contribution in [3.63, 3.8) is 0 Å². The van der Waals surface area contributed by atoms with E-state index in [0.717, 1.165) is 9.37 Å². The van der Waals surface area contributed by atoms with Crippen molar-refractivity contribution in [3.8, 4) is 0 Å². The van der Waals surface area contributed by atoms with E-state index in [-0.39, 0.29) is 5.56 Å². The molecule has 0 saturated carbocycles. The van der Waals surface area contributed by atoms with Crippen LogP contribution in [0.1, 0.15) is 0 Å². The lowest BCUT2D eigenvalue weighted by atomic mass is 10.4. The molecule has 1 aromatic carbocycles. The number of hydrogen-bond acceptors (Lipinski definition) is 3. The monoisotopic (exact) mass is 282 g/mol. The summed E-state index contributed by atoms with van der Waals surface area (Å²) in [6.45, 7) is 0. The summed E-state index contributed by atoms with van der Waals surface area (Å²) in [5.74, 6) is 0. The van der Waals surface area contributed by atoms with Gasteiger partial charge in [0.1, 0.15) is 0 Å². The van der Waals surface area contributed by atoms with E-state index in [9.17, 15) is 4.79 Å². The molecule has 0 amide bonds.